The van der Waals surface area contributed by atoms with Gasteiger partial charge in [0, 0.05) is 25.0 Å². The average Bonchev–Trinajstić information content (AvgIpc) is 2.25. The summed E-state index contributed by atoms with van der Waals surface area (Å²) in [5.41, 5.74) is 6.93. The molecule has 0 bridgehead atoms. The Hall–Kier alpha value is -0.720. The van der Waals surface area contributed by atoms with E-state index in [0.717, 1.165) is 11.3 Å². The van der Waals surface area contributed by atoms with E-state index in [-0.39, 0.29) is 5.75 Å². The molecule has 0 spiro atoms. The number of rotatable bonds is 6. The third kappa shape index (κ3) is 4.57. The highest BCUT2D eigenvalue weighted by atomic mass is 32.2. The monoisotopic (exact) mass is 274 g/mol. The van der Waals surface area contributed by atoms with E-state index < -0.39 is 10.0 Å². The van der Waals surface area contributed by atoms with Gasteiger partial charge >= 0.3 is 0 Å². The quantitative estimate of drug-likeness (QED) is 0.796. The van der Waals surface area contributed by atoms with Gasteiger partial charge in [-0.2, -0.15) is 11.8 Å². The normalized spacial score (nSPS) is 11.9. The topological polar surface area (TPSA) is 63.4 Å². The molecule has 0 aliphatic rings. The van der Waals surface area contributed by atoms with Crippen LogP contribution in [0.5, 0.6) is 0 Å². The maximum absolute atomic E-state index is 12.0. The molecule has 0 aliphatic heterocycles. The molecule has 0 radical (unpaired) electrons. The van der Waals surface area contributed by atoms with E-state index >= 15 is 0 Å². The number of hydrogen-bond acceptors (Lipinski definition) is 4. The molecule has 2 N–H and O–H groups in total. The van der Waals surface area contributed by atoms with Gasteiger partial charge in [-0.3, -0.25) is 0 Å². The number of nitrogens with zero attached hydrogens (tertiary/aromatic N) is 1. The lowest BCUT2D eigenvalue weighted by molar-refractivity contribution is 0.488. The lowest BCUT2D eigenvalue weighted by atomic mass is 10.2. The van der Waals surface area contributed by atoms with Gasteiger partial charge in [0.25, 0.3) is 0 Å². The fourth-order valence-corrected chi connectivity index (χ4v) is 3.13. The molecule has 1 rings (SSSR count). The molecule has 0 saturated carbocycles. The zero-order valence-electron chi connectivity index (χ0n) is 10.1. The van der Waals surface area contributed by atoms with Gasteiger partial charge in [-0.05, 0) is 24.0 Å². The van der Waals surface area contributed by atoms with Crippen LogP contribution in [0, 0.1) is 0 Å². The molecule has 0 heterocycles. The van der Waals surface area contributed by atoms with Crippen molar-refractivity contribution in [1.29, 1.82) is 0 Å². The minimum absolute atomic E-state index is 0.00290. The second-order valence-corrected chi connectivity index (χ2v) is 6.88. The smallest absolute Gasteiger partial charge is 0.218 e. The third-order valence-electron chi connectivity index (χ3n) is 2.39. The van der Waals surface area contributed by atoms with Gasteiger partial charge in [0.2, 0.25) is 10.0 Å². The van der Waals surface area contributed by atoms with E-state index in [2.05, 4.69) is 0 Å². The molecule has 1 aromatic rings. The standard InChI is InChI=1S/C11H18N2O2S2/c1-13(6-7-16-2)17(14,15)9-10-4-3-5-11(12)8-10/h3-5,8H,6-7,9,12H2,1-2H3. The van der Waals surface area contributed by atoms with Gasteiger partial charge in [0.05, 0.1) is 5.75 Å². The van der Waals surface area contributed by atoms with E-state index in [1.54, 1.807) is 43.1 Å². The Kier molecular flexibility index (Phi) is 5.30. The maximum Gasteiger partial charge on any atom is 0.218 e. The summed E-state index contributed by atoms with van der Waals surface area (Å²) >= 11 is 1.63. The van der Waals surface area contributed by atoms with Gasteiger partial charge in [0.1, 0.15) is 0 Å². The second kappa shape index (κ2) is 6.28. The molecular formula is C11H18N2O2S2. The largest absolute Gasteiger partial charge is 0.399 e. The average molecular weight is 274 g/mol. The molecular weight excluding hydrogens is 256 g/mol. The Morgan fingerprint density at radius 1 is 1.41 bits per heavy atom. The number of anilines is 1. The highest BCUT2D eigenvalue weighted by molar-refractivity contribution is 7.98. The van der Waals surface area contributed by atoms with Crippen LogP contribution in [-0.2, 0) is 15.8 Å². The van der Waals surface area contributed by atoms with Crippen LogP contribution in [-0.4, -0.2) is 38.3 Å². The molecule has 0 saturated heterocycles. The van der Waals surface area contributed by atoms with Crippen LogP contribution >= 0.6 is 11.8 Å². The van der Waals surface area contributed by atoms with E-state index in [0.29, 0.717) is 12.2 Å². The first-order chi connectivity index (χ1) is 7.95. The number of thioether (sulfide) groups is 1. The van der Waals surface area contributed by atoms with E-state index in [1.165, 1.54) is 4.31 Å². The molecule has 0 unspecified atom stereocenters. The van der Waals surface area contributed by atoms with Crippen molar-refractivity contribution >= 4 is 27.5 Å². The zero-order chi connectivity index (χ0) is 12.9. The molecule has 1 aromatic carbocycles. The summed E-state index contributed by atoms with van der Waals surface area (Å²) in [5.74, 6) is 0.801. The minimum Gasteiger partial charge on any atom is -0.399 e. The summed E-state index contributed by atoms with van der Waals surface area (Å²) in [4.78, 5) is 0. The van der Waals surface area contributed by atoms with Crippen LogP contribution in [0.2, 0.25) is 0 Å². The fraction of sp³-hybridized carbons (Fsp3) is 0.455. The Bertz CT molecular complexity index is 460. The Morgan fingerprint density at radius 2 is 2.12 bits per heavy atom. The van der Waals surface area contributed by atoms with Crippen molar-refractivity contribution in [2.75, 3.05) is 31.3 Å². The van der Waals surface area contributed by atoms with Crippen molar-refractivity contribution in [3.05, 3.63) is 29.8 Å². The van der Waals surface area contributed by atoms with Gasteiger partial charge in [-0.1, -0.05) is 12.1 Å². The molecule has 0 fully saturated rings. The van der Waals surface area contributed by atoms with Crippen LogP contribution in [0.4, 0.5) is 5.69 Å². The Morgan fingerprint density at radius 3 is 2.71 bits per heavy atom. The van der Waals surface area contributed by atoms with E-state index in [1.807, 2.05) is 6.26 Å². The van der Waals surface area contributed by atoms with Crippen LogP contribution < -0.4 is 5.73 Å². The third-order valence-corrected chi connectivity index (χ3v) is 4.81. The lowest BCUT2D eigenvalue weighted by Crippen LogP contribution is -2.30. The molecule has 0 aliphatic carbocycles. The summed E-state index contributed by atoms with van der Waals surface area (Å²) < 4.78 is 25.4. The molecule has 4 nitrogen and oxygen atoms in total. The number of nitrogen functional groups attached to an aromatic ring is 1. The lowest BCUT2D eigenvalue weighted by Gasteiger charge is -2.16. The van der Waals surface area contributed by atoms with Crippen molar-refractivity contribution in [3.8, 4) is 0 Å². The van der Waals surface area contributed by atoms with Gasteiger partial charge in [-0.25, -0.2) is 12.7 Å². The van der Waals surface area contributed by atoms with Crippen LogP contribution in [0.25, 0.3) is 0 Å². The predicted octanol–water partition coefficient (Wildman–Crippen LogP) is 1.39. The Balaban J connectivity index is 2.72. The van der Waals surface area contributed by atoms with E-state index in [4.69, 9.17) is 5.73 Å². The molecule has 0 atom stereocenters. The highest BCUT2D eigenvalue weighted by Gasteiger charge is 2.17. The molecule has 6 heteroatoms. The van der Waals surface area contributed by atoms with Gasteiger partial charge in [0.15, 0.2) is 0 Å². The number of sulfonamides is 1. The van der Waals surface area contributed by atoms with Gasteiger partial charge < -0.3 is 5.73 Å². The van der Waals surface area contributed by atoms with Crippen LogP contribution in [0.1, 0.15) is 5.56 Å². The predicted molar refractivity (Wildman–Crippen MR) is 74.5 cm³/mol. The SMILES string of the molecule is CSCCN(C)S(=O)(=O)Cc1cccc(N)c1. The minimum atomic E-state index is -3.24. The van der Waals surface area contributed by atoms with Crippen LogP contribution in [0.3, 0.4) is 0 Å². The van der Waals surface area contributed by atoms with Crippen molar-refractivity contribution in [2.24, 2.45) is 0 Å². The summed E-state index contributed by atoms with van der Waals surface area (Å²) in [6, 6.07) is 6.98. The molecule has 0 aromatic heterocycles. The number of nitrogens with two attached hydrogens (primary N) is 1. The number of benzene rings is 1. The van der Waals surface area contributed by atoms with Crippen molar-refractivity contribution in [3.63, 3.8) is 0 Å². The molecule has 0 amide bonds. The van der Waals surface area contributed by atoms with E-state index in [9.17, 15) is 8.42 Å². The Labute approximate surface area is 107 Å². The zero-order valence-corrected chi connectivity index (χ0v) is 11.7. The summed E-state index contributed by atoms with van der Waals surface area (Å²) in [7, 11) is -1.63. The summed E-state index contributed by atoms with van der Waals surface area (Å²) in [6.07, 6.45) is 1.96. The maximum atomic E-state index is 12.0. The number of hydrogen-bond donors (Lipinski definition) is 1. The second-order valence-electron chi connectivity index (χ2n) is 3.82. The first-order valence-corrected chi connectivity index (χ1v) is 8.23. The fourth-order valence-electron chi connectivity index (χ4n) is 1.36. The summed E-state index contributed by atoms with van der Waals surface area (Å²) in [5, 5.41) is 0. The first-order valence-electron chi connectivity index (χ1n) is 5.23. The molecule has 96 valence electrons. The first kappa shape index (κ1) is 14.3. The van der Waals surface area contributed by atoms with Crippen molar-refractivity contribution in [2.45, 2.75) is 5.75 Å². The molecule has 17 heavy (non-hydrogen) atoms. The highest BCUT2D eigenvalue weighted by Crippen LogP contribution is 2.12. The van der Waals surface area contributed by atoms with Crippen molar-refractivity contribution in [1.82, 2.24) is 4.31 Å². The van der Waals surface area contributed by atoms with Crippen LogP contribution in [0.15, 0.2) is 24.3 Å². The van der Waals surface area contributed by atoms with Crippen molar-refractivity contribution < 1.29 is 8.42 Å². The van der Waals surface area contributed by atoms with Gasteiger partial charge in [-0.15, -0.1) is 0 Å². The summed E-state index contributed by atoms with van der Waals surface area (Å²) in [6.45, 7) is 0.534.